The molecule has 2 aliphatic heterocycles. The highest BCUT2D eigenvalue weighted by Gasteiger charge is 2.48. The van der Waals surface area contributed by atoms with Crippen LogP contribution in [0.5, 0.6) is 0 Å². The maximum Gasteiger partial charge on any atom is 0.416 e. The van der Waals surface area contributed by atoms with Crippen LogP contribution < -0.4 is 5.32 Å². The van der Waals surface area contributed by atoms with Crippen molar-refractivity contribution in [2.24, 2.45) is 0 Å². The Balaban J connectivity index is 1.14. The number of aromatic nitrogens is 1. The molecule has 2 atom stereocenters. The lowest BCUT2D eigenvalue weighted by Gasteiger charge is -2.41. The van der Waals surface area contributed by atoms with Crippen LogP contribution in [-0.4, -0.2) is 69.5 Å². The van der Waals surface area contributed by atoms with E-state index >= 15 is 0 Å². The van der Waals surface area contributed by atoms with E-state index in [9.17, 15) is 27.9 Å². The molecule has 1 aliphatic carbocycles. The Hall–Kier alpha value is -2.50. The Morgan fingerprint density at radius 3 is 2.58 bits per heavy atom. The molecular formula is C25H29F3N4O3S. The molecule has 36 heavy (non-hydrogen) atoms. The summed E-state index contributed by atoms with van der Waals surface area (Å²) in [4.78, 5) is 34.6. The van der Waals surface area contributed by atoms with Crippen LogP contribution in [0.25, 0.3) is 0 Å². The van der Waals surface area contributed by atoms with Gasteiger partial charge in [-0.3, -0.25) is 19.5 Å². The highest BCUT2D eigenvalue weighted by Crippen LogP contribution is 2.43. The molecule has 3 aliphatic rings. The van der Waals surface area contributed by atoms with Crippen molar-refractivity contribution in [1.82, 2.24) is 20.1 Å². The number of hydrogen-bond donors (Lipinski definition) is 2. The minimum atomic E-state index is -4.54. The van der Waals surface area contributed by atoms with E-state index in [1.54, 1.807) is 11.7 Å². The SMILES string of the molecule is O=C(NCC(=O)N1CCC2C1CCN2C1CCC(O)(c2cncs2)CC1)c1cccc(C(F)(F)F)c1. The second-order valence-corrected chi connectivity index (χ2v) is 10.8. The van der Waals surface area contributed by atoms with Crippen molar-refractivity contribution in [3.63, 3.8) is 0 Å². The average Bonchev–Trinajstić information content (AvgIpc) is 3.61. The van der Waals surface area contributed by atoms with Gasteiger partial charge in [-0.2, -0.15) is 13.2 Å². The molecule has 1 aromatic carbocycles. The normalized spacial score (nSPS) is 28.8. The largest absolute Gasteiger partial charge is 0.416 e. The lowest BCUT2D eigenvalue weighted by atomic mass is 9.80. The predicted molar refractivity (Wildman–Crippen MR) is 127 cm³/mol. The summed E-state index contributed by atoms with van der Waals surface area (Å²) in [6, 6.07) is 4.88. The van der Waals surface area contributed by atoms with E-state index in [0.717, 1.165) is 49.2 Å². The van der Waals surface area contributed by atoms with Crippen molar-refractivity contribution >= 4 is 23.2 Å². The zero-order valence-electron chi connectivity index (χ0n) is 19.7. The molecular weight excluding hydrogens is 493 g/mol. The maximum absolute atomic E-state index is 12.9. The summed E-state index contributed by atoms with van der Waals surface area (Å²) in [5, 5.41) is 13.5. The van der Waals surface area contributed by atoms with Crippen LogP contribution in [0.2, 0.25) is 0 Å². The second-order valence-electron chi connectivity index (χ2n) is 9.93. The maximum atomic E-state index is 12.9. The van der Waals surface area contributed by atoms with Gasteiger partial charge in [0.2, 0.25) is 5.91 Å². The summed E-state index contributed by atoms with van der Waals surface area (Å²) in [5.41, 5.74) is -0.0780. The third-order valence-corrected chi connectivity index (χ3v) is 8.90. The number of alkyl halides is 3. The molecule has 2 unspecified atom stereocenters. The van der Waals surface area contributed by atoms with Gasteiger partial charge in [-0.1, -0.05) is 6.07 Å². The monoisotopic (exact) mass is 522 g/mol. The zero-order chi connectivity index (χ0) is 25.5. The molecule has 2 amide bonds. The zero-order valence-corrected chi connectivity index (χ0v) is 20.5. The number of carbonyl (C=O) groups excluding carboxylic acids is 2. The van der Waals surface area contributed by atoms with Crippen molar-refractivity contribution in [1.29, 1.82) is 0 Å². The van der Waals surface area contributed by atoms with Gasteiger partial charge in [-0.05, 0) is 56.7 Å². The van der Waals surface area contributed by atoms with E-state index in [1.807, 2.05) is 4.90 Å². The number of rotatable bonds is 5. The number of nitrogens with zero attached hydrogens (tertiary/aromatic N) is 3. The number of likely N-dealkylation sites (tertiary alicyclic amines) is 2. The van der Waals surface area contributed by atoms with Crippen LogP contribution in [0.4, 0.5) is 13.2 Å². The van der Waals surface area contributed by atoms with Crippen molar-refractivity contribution < 1.29 is 27.9 Å². The smallest absolute Gasteiger partial charge is 0.384 e. The molecule has 3 fully saturated rings. The Morgan fingerprint density at radius 2 is 1.89 bits per heavy atom. The molecule has 194 valence electrons. The van der Waals surface area contributed by atoms with E-state index in [2.05, 4.69) is 15.2 Å². The molecule has 0 radical (unpaired) electrons. The predicted octanol–water partition coefficient (Wildman–Crippen LogP) is 3.40. The summed E-state index contributed by atoms with van der Waals surface area (Å²) >= 11 is 1.49. The van der Waals surface area contributed by atoms with Crippen LogP contribution in [0, 0.1) is 0 Å². The lowest BCUT2D eigenvalue weighted by molar-refractivity contribution is -0.137. The lowest BCUT2D eigenvalue weighted by Crippen LogP contribution is -2.47. The van der Waals surface area contributed by atoms with E-state index in [-0.39, 0.29) is 30.1 Å². The fraction of sp³-hybridized carbons (Fsp3) is 0.560. The number of aliphatic hydroxyl groups is 1. The Bertz CT molecular complexity index is 1100. The molecule has 11 heteroatoms. The number of fused-ring (bicyclic) bond motifs is 1. The van der Waals surface area contributed by atoms with Crippen molar-refractivity contribution in [3.8, 4) is 0 Å². The van der Waals surface area contributed by atoms with Crippen LogP contribution in [0.3, 0.4) is 0 Å². The molecule has 2 aromatic rings. The Labute approximate surface area is 211 Å². The number of amides is 2. The van der Waals surface area contributed by atoms with E-state index in [0.29, 0.717) is 25.4 Å². The molecule has 0 spiro atoms. The molecule has 2 saturated heterocycles. The first kappa shape index (κ1) is 25.2. The number of benzene rings is 1. The number of hydrogen-bond acceptors (Lipinski definition) is 6. The summed E-state index contributed by atoms with van der Waals surface area (Å²) in [6.45, 7) is 1.24. The topological polar surface area (TPSA) is 85.8 Å². The molecule has 1 aromatic heterocycles. The number of thiazole rings is 1. The first-order valence-electron chi connectivity index (χ1n) is 12.3. The highest BCUT2D eigenvalue weighted by atomic mass is 32.1. The summed E-state index contributed by atoms with van der Waals surface area (Å²) in [6.07, 6.45) is 2.08. The van der Waals surface area contributed by atoms with Crippen molar-refractivity contribution in [3.05, 3.63) is 52.0 Å². The number of nitrogens with one attached hydrogen (secondary N) is 1. The van der Waals surface area contributed by atoms with Gasteiger partial charge in [-0.25, -0.2) is 0 Å². The Morgan fingerprint density at radius 1 is 1.14 bits per heavy atom. The molecule has 3 heterocycles. The standard InChI is InChI=1S/C25H29F3N4O3S/c26-25(27,28)17-3-1-2-16(12-17)23(34)30-14-22(33)32-11-7-19-20(32)6-10-31(19)18-4-8-24(35,9-5-18)21-13-29-15-36-21/h1-3,12-13,15,18-20,35H,4-11,14H2,(H,30,34). The average molecular weight is 523 g/mol. The second kappa shape index (κ2) is 9.75. The van der Waals surface area contributed by atoms with E-state index in [1.165, 1.54) is 23.5 Å². The quantitative estimate of drug-likeness (QED) is 0.629. The third-order valence-electron chi connectivity index (χ3n) is 7.93. The Kier molecular flexibility index (Phi) is 6.82. The van der Waals surface area contributed by atoms with Gasteiger partial charge in [-0.15, -0.1) is 11.3 Å². The van der Waals surface area contributed by atoms with Gasteiger partial charge in [0.05, 0.1) is 22.5 Å². The van der Waals surface area contributed by atoms with Crippen LogP contribution in [-0.2, 0) is 16.6 Å². The van der Waals surface area contributed by atoms with Gasteiger partial charge < -0.3 is 15.3 Å². The fourth-order valence-corrected chi connectivity index (χ4v) is 6.86. The molecule has 5 rings (SSSR count). The minimum absolute atomic E-state index is 0.0743. The van der Waals surface area contributed by atoms with E-state index < -0.39 is 23.2 Å². The minimum Gasteiger partial charge on any atom is -0.384 e. The molecule has 2 N–H and O–H groups in total. The summed E-state index contributed by atoms with van der Waals surface area (Å²) < 4.78 is 38.8. The molecule has 0 bridgehead atoms. The van der Waals surface area contributed by atoms with Crippen molar-refractivity contribution in [2.75, 3.05) is 19.6 Å². The van der Waals surface area contributed by atoms with Gasteiger partial charge in [0.15, 0.2) is 0 Å². The van der Waals surface area contributed by atoms with Gasteiger partial charge in [0, 0.05) is 43.0 Å². The summed E-state index contributed by atoms with van der Waals surface area (Å²) in [5.74, 6) is -0.915. The third kappa shape index (κ3) is 4.88. The number of halogens is 3. The number of carbonyl (C=O) groups is 2. The van der Waals surface area contributed by atoms with Gasteiger partial charge in [0.1, 0.15) is 5.60 Å². The van der Waals surface area contributed by atoms with Gasteiger partial charge in [0.25, 0.3) is 5.91 Å². The van der Waals surface area contributed by atoms with Crippen LogP contribution in [0.15, 0.2) is 36.0 Å². The van der Waals surface area contributed by atoms with Crippen molar-refractivity contribution in [2.45, 2.75) is 68.4 Å². The van der Waals surface area contributed by atoms with E-state index in [4.69, 9.17) is 0 Å². The summed E-state index contributed by atoms with van der Waals surface area (Å²) in [7, 11) is 0. The molecule has 1 saturated carbocycles. The highest BCUT2D eigenvalue weighted by molar-refractivity contribution is 7.09. The first-order valence-corrected chi connectivity index (χ1v) is 13.2. The fourth-order valence-electron chi connectivity index (χ4n) is 6.08. The first-order chi connectivity index (χ1) is 17.2. The van der Waals surface area contributed by atoms with Gasteiger partial charge >= 0.3 is 6.18 Å². The van der Waals surface area contributed by atoms with Crippen LogP contribution >= 0.6 is 11.3 Å². The van der Waals surface area contributed by atoms with Crippen LogP contribution in [0.1, 0.15) is 59.3 Å². The molecule has 7 nitrogen and oxygen atoms in total.